The molecule has 0 aromatic heterocycles. The van der Waals surface area contributed by atoms with Crippen molar-refractivity contribution in [3.63, 3.8) is 0 Å². The molecular weight excluding hydrogens is 414 g/mol. The highest BCUT2D eigenvalue weighted by molar-refractivity contribution is 7.92. The summed E-state index contributed by atoms with van der Waals surface area (Å²) in [6.45, 7) is 5.38. The van der Waals surface area contributed by atoms with Crippen LogP contribution in [0.2, 0.25) is 0 Å². The van der Waals surface area contributed by atoms with Crippen LogP contribution >= 0.6 is 0 Å². The molecule has 2 aromatic rings. The molecule has 0 unspecified atom stereocenters. The monoisotopic (exact) mass is 445 g/mol. The standard InChI is InChI=1S/C23H31N3O4S/c1-17-11-12-21(15-18(17)2)26(31(5,29)30)16-22(27)25(19(3)23(28)24-4)14-13-20-9-7-6-8-10-20/h6-12,15,19H,13-14,16H2,1-5H3,(H,24,28)/t19-/m1/s1. The molecule has 2 rings (SSSR count). The molecule has 0 aliphatic carbocycles. The Morgan fingerprint density at radius 3 is 2.23 bits per heavy atom. The van der Waals surface area contributed by atoms with Gasteiger partial charge in [0.25, 0.3) is 0 Å². The molecule has 0 radical (unpaired) electrons. The molecule has 31 heavy (non-hydrogen) atoms. The zero-order valence-electron chi connectivity index (χ0n) is 18.8. The van der Waals surface area contributed by atoms with E-state index in [4.69, 9.17) is 0 Å². The molecule has 0 saturated carbocycles. The van der Waals surface area contributed by atoms with Gasteiger partial charge in [0.15, 0.2) is 0 Å². The zero-order valence-corrected chi connectivity index (χ0v) is 19.6. The maximum atomic E-state index is 13.2. The Labute approximate surface area is 185 Å². The fraction of sp³-hybridized carbons (Fsp3) is 0.391. The van der Waals surface area contributed by atoms with Gasteiger partial charge in [0.05, 0.1) is 11.9 Å². The maximum Gasteiger partial charge on any atom is 0.244 e. The second-order valence-corrected chi connectivity index (χ2v) is 9.56. The number of carbonyl (C=O) groups excluding carboxylic acids is 2. The summed E-state index contributed by atoms with van der Waals surface area (Å²) in [5.41, 5.74) is 3.41. The molecule has 1 atom stereocenters. The van der Waals surface area contributed by atoms with Crippen LogP contribution in [-0.2, 0) is 26.0 Å². The fourth-order valence-corrected chi connectivity index (χ4v) is 4.11. The Balaban J connectivity index is 2.31. The van der Waals surface area contributed by atoms with Gasteiger partial charge in [-0.1, -0.05) is 36.4 Å². The van der Waals surface area contributed by atoms with Gasteiger partial charge in [-0.15, -0.1) is 0 Å². The average molecular weight is 446 g/mol. The minimum absolute atomic E-state index is 0.294. The summed E-state index contributed by atoms with van der Waals surface area (Å²) < 4.78 is 26.1. The van der Waals surface area contributed by atoms with Gasteiger partial charge in [-0.2, -0.15) is 0 Å². The van der Waals surface area contributed by atoms with Crippen LogP contribution in [0.5, 0.6) is 0 Å². The number of anilines is 1. The first kappa shape index (κ1) is 24.4. The molecule has 2 amide bonds. The first-order chi connectivity index (χ1) is 14.5. The number of hydrogen-bond donors (Lipinski definition) is 1. The molecule has 0 bridgehead atoms. The van der Waals surface area contributed by atoms with E-state index in [0.29, 0.717) is 18.7 Å². The van der Waals surface area contributed by atoms with Crippen LogP contribution in [-0.4, -0.2) is 57.6 Å². The Morgan fingerprint density at radius 2 is 1.68 bits per heavy atom. The number of hydrogen-bond acceptors (Lipinski definition) is 4. The highest BCUT2D eigenvalue weighted by atomic mass is 32.2. The Morgan fingerprint density at radius 1 is 1.03 bits per heavy atom. The normalized spacial score (nSPS) is 12.2. The molecule has 0 spiro atoms. The zero-order chi connectivity index (χ0) is 23.2. The van der Waals surface area contributed by atoms with Gasteiger partial charge in [-0.3, -0.25) is 13.9 Å². The largest absolute Gasteiger partial charge is 0.357 e. The van der Waals surface area contributed by atoms with Gasteiger partial charge in [-0.25, -0.2) is 8.42 Å². The number of carbonyl (C=O) groups is 2. The lowest BCUT2D eigenvalue weighted by Gasteiger charge is -2.31. The van der Waals surface area contributed by atoms with Crippen LogP contribution < -0.4 is 9.62 Å². The van der Waals surface area contributed by atoms with Crippen molar-refractivity contribution in [3.8, 4) is 0 Å². The summed E-state index contributed by atoms with van der Waals surface area (Å²) in [4.78, 5) is 27.0. The number of sulfonamides is 1. The number of benzene rings is 2. The van der Waals surface area contributed by atoms with Crippen molar-refractivity contribution in [1.29, 1.82) is 0 Å². The van der Waals surface area contributed by atoms with Crippen molar-refractivity contribution in [2.45, 2.75) is 33.2 Å². The summed E-state index contributed by atoms with van der Waals surface area (Å²) in [6, 6.07) is 14.2. The molecule has 0 heterocycles. The highest BCUT2D eigenvalue weighted by Crippen LogP contribution is 2.21. The minimum Gasteiger partial charge on any atom is -0.357 e. The molecule has 0 aliphatic rings. The first-order valence-electron chi connectivity index (χ1n) is 10.1. The van der Waals surface area contributed by atoms with E-state index >= 15 is 0 Å². The van der Waals surface area contributed by atoms with E-state index < -0.39 is 22.0 Å². The molecule has 168 valence electrons. The molecule has 2 aromatic carbocycles. The molecule has 8 heteroatoms. The van der Waals surface area contributed by atoms with Gasteiger partial charge < -0.3 is 10.2 Å². The third-order valence-corrected chi connectivity index (χ3v) is 6.50. The quantitative estimate of drug-likeness (QED) is 0.642. The SMILES string of the molecule is CNC(=O)[C@@H](C)N(CCc1ccccc1)C(=O)CN(c1ccc(C)c(C)c1)S(C)(=O)=O. The number of nitrogens with one attached hydrogen (secondary N) is 1. The molecule has 1 N–H and O–H groups in total. The molecular formula is C23H31N3O4S. The number of amides is 2. The Hall–Kier alpha value is -2.87. The Bertz CT molecular complexity index is 1020. The predicted molar refractivity (Wildman–Crippen MR) is 123 cm³/mol. The minimum atomic E-state index is -3.71. The topological polar surface area (TPSA) is 86.8 Å². The fourth-order valence-electron chi connectivity index (χ4n) is 3.27. The van der Waals surface area contributed by atoms with Crippen LogP contribution in [0, 0.1) is 13.8 Å². The van der Waals surface area contributed by atoms with Gasteiger partial charge in [0.2, 0.25) is 21.8 Å². The number of aryl methyl sites for hydroxylation is 2. The lowest BCUT2D eigenvalue weighted by atomic mass is 10.1. The van der Waals surface area contributed by atoms with Gasteiger partial charge in [0, 0.05) is 13.6 Å². The summed E-state index contributed by atoms with van der Waals surface area (Å²) in [5, 5.41) is 2.56. The van der Waals surface area contributed by atoms with Gasteiger partial charge in [-0.05, 0) is 56.0 Å². The molecule has 0 fully saturated rings. The predicted octanol–water partition coefficient (Wildman–Crippen LogP) is 2.28. The van der Waals surface area contributed by atoms with Crippen LogP contribution in [0.25, 0.3) is 0 Å². The van der Waals surface area contributed by atoms with Crippen molar-refractivity contribution in [2.24, 2.45) is 0 Å². The van der Waals surface area contributed by atoms with Crippen molar-refractivity contribution in [3.05, 3.63) is 65.2 Å². The molecule has 0 saturated heterocycles. The number of likely N-dealkylation sites (N-methyl/N-ethyl adjacent to an activating group) is 1. The van der Waals surface area contributed by atoms with E-state index in [1.54, 1.807) is 19.1 Å². The Kier molecular flexibility index (Phi) is 8.21. The van der Waals surface area contributed by atoms with Crippen LogP contribution in [0.1, 0.15) is 23.6 Å². The van der Waals surface area contributed by atoms with Gasteiger partial charge in [0.1, 0.15) is 12.6 Å². The van der Waals surface area contributed by atoms with E-state index in [2.05, 4.69) is 5.32 Å². The molecule has 7 nitrogen and oxygen atoms in total. The smallest absolute Gasteiger partial charge is 0.244 e. The van der Waals surface area contributed by atoms with Crippen molar-refractivity contribution in [1.82, 2.24) is 10.2 Å². The highest BCUT2D eigenvalue weighted by Gasteiger charge is 2.29. The van der Waals surface area contributed by atoms with Crippen LogP contribution in [0.3, 0.4) is 0 Å². The second kappa shape index (κ2) is 10.4. The summed E-state index contributed by atoms with van der Waals surface area (Å²) in [6.07, 6.45) is 1.63. The lowest BCUT2D eigenvalue weighted by molar-refractivity contribution is -0.138. The van der Waals surface area contributed by atoms with Crippen molar-refractivity contribution in [2.75, 3.05) is 30.7 Å². The van der Waals surface area contributed by atoms with E-state index in [1.165, 1.54) is 11.9 Å². The first-order valence-corrected chi connectivity index (χ1v) is 12.0. The van der Waals surface area contributed by atoms with Crippen molar-refractivity contribution >= 4 is 27.5 Å². The van der Waals surface area contributed by atoms with Crippen LogP contribution in [0.4, 0.5) is 5.69 Å². The molecule has 0 aliphatic heterocycles. The second-order valence-electron chi connectivity index (χ2n) is 7.65. The van der Waals surface area contributed by atoms with Gasteiger partial charge >= 0.3 is 0 Å². The third-order valence-electron chi connectivity index (χ3n) is 5.36. The van der Waals surface area contributed by atoms with Crippen LogP contribution in [0.15, 0.2) is 48.5 Å². The third kappa shape index (κ3) is 6.55. The number of rotatable bonds is 9. The van der Waals surface area contributed by atoms with E-state index in [1.807, 2.05) is 50.2 Å². The average Bonchev–Trinajstić information content (AvgIpc) is 2.73. The summed E-state index contributed by atoms with van der Waals surface area (Å²) in [7, 11) is -2.20. The van der Waals surface area contributed by atoms with Crippen molar-refractivity contribution < 1.29 is 18.0 Å². The number of nitrogens with zero attached hydrogens (tertiary/aromatic N) is 2. The lowest BCUT2D eigenvalue weighted by Crippen LogP contribution is -2.51. The van der Waals surface area contributed by atoms with E-state index in [9.17, 15) is 18.0 Å². The summed E-state index contributed by atoms with van der Waals surface area (Å²) >= 11 is 0. The van der Waals surface area contributed by atoms with E-state index in [0.717, 1.165) is 27.3 Å². The summed E-state index contributed by atoms with van der Waals surface area (Å²) in [5.74, 6) is -0.741. The van der Waals surface area contributed by atoms with E-state index in [-0.39, 0.29) is 12.5 Å². The maximum absolute atomic E-state index is 13.2.